The minimum absolute atomic E-state index is 0.147. The summed E-state index contributed by atoms with van der Waals surface area (Å²) in [5, 5.41) is 5.63. The number of thiazole rings is 1. The molecule has 0 atom stereocenters. The summed E-state index contributed by atoms with van der Waals surface area (Å²) >= 11 is 3.54. The molecule has 0 aliphatic heterocycles. The number of hydrogen-bond acceptors (Lipinski definition) is 6. The quantitative estimate of drug-likeness (QED) is 0.871. The van der Waals surface area contributed by atoms with E-state index in [1.54, 1.807) is 24.3 Å². The molecule has 0 unspecified atom stereocenters. The first kappa shape index (κ1) is 17.2. The maximum atomic E-state index is 12.3. The smallest absolute Gasteiger partial charge is 0.345 e. The number of aromatic nitrogens is 3. The standard InChI is InChI=1S/C16H20N4O2S2/c1-9-7-13(20-15(22)17-9)14(21)19-11-3-5-12(6-4-11)24-16-18-10(2)8-23-16/h7-8,11-12H,3-6H2,1-2H3,(H,19,21)(H,17,20,22). The monoisotopic (exact) mass is 364 g/mol. The van der Waals surface area contributed by atoms with Crippen molar-refractivity contribution < 1.29 is 4.79 Å². The highest BCUT2D eigenvalue weighted by Gasteiger charge is 2.24. The van der Waals surface area contributed by atoms with E-state index < -0.39 is 5.69 Å². The second-order valence-corrected chi connectivity index (χ2v) is 8.48. The maximum Gasteiger partial charge on any atom is 0.345 e. The van der Waals surface area contributed by atoms with Crippen LogP contribution in [0.5, 0.6) is 0 Å². The molecule has 0 spiro atoms. The lowest BCUT2D eigenvalue weighted by Gasteiger charge is -2.28. The van der Waals surface area contributed by atoms with Gasteiger partial charge in [0.15, 0.2) is 0 Å². The summed E-state index contributed by atoms with van der Waals surface area (Å²) in [7, 11) is 0. The number of aromatic amines is 1. The van der Waals surface area contributed by atoms with Crippen LogP contribution < -0.4 is 11.0 Å². The number of hydrogen-bond donors (Lipinski definition) is 2. The number of amides is 1. The zero-order valence-electron chi connectivity index (χ0n) is 13.7. The molecule has 1 aliphatic rings. The molecule has 2 aromatic rings. The van der Waals surface area contributed by atoms with E-state index >= 15 is 0 Å². The number of nitrogens with one attached hydrogen (secondary N) is 2. The summed E-state index contributed by atoms with van der Waals surface area (Å²) in [6.45, 7) is 3.75. The van der Waals surface area contributed by atoms with E-state index in [2.05, 4.69) is 25.6 Å². The predicted octanol–water partition coefficient (Wildman–Crippen LogP) is 2.68. The minimum Gasteiger partial charge on any atom is -0.348 e. The molecule has 2 N–H and O–H groups in total. The van der Waals surface area contributed by atoms with Gasteiger partial charge in [0.1, 0.15) is 10.0 Å². The molecule has 8 heteroatoms. The van der Waals surface area contributed by atoms with Crippen LogP contribution in [-0.2, 0) is 0 Å². The van der Waals surface area contributed by atoms with E-state index in [1.807, 2.05) is 18.7 Å². The van der Waals surface area contributed by atoms with E-state index in [0.717, 1.165) is 35.7 Å². The third-order valence-corrected chi connectivity index (χ3v) is 6.41. The molecule has 6 nitrogen and oxygen atoms in total. The lowest BCUT2D eigenvalue weighted by atomic mass is 9.95. The number of thioether (sulfide) groups is 1. The summed E-state index contributed by atoms with van der Waals surface area (Å²) in [4.78, 5) is 34.4. The Hall–Kier alpha value is -1.67. The summed E-state index contributed by atoms with van der Waals surface area (Å²) in [6, 6.07) is 1.75. The Balaban J connectivity index is 1.51. The molecular weight excluding hydrogens is 344 g/mol. The van der Waals surface area contributed by atoms with Crippen molar-refractivity contribution in [2.75, 3.05) is 0 Å². The van der Waals surface area contributed by atoms with Crippen LogP contribution in [0.2, 0.25) is 0 Å². The van der Waals surface area contributed by atoms with E-state index in [9.17, 15) is 9.59 Å². The fraction of sp³-hybridized carbons (Fsp3) is 0.500. The van der Waals surface area contributed by atoms with Gasteiger partial charge in [-0.25, -0.2) is 9.78 Å². The first-order valence-electron chi connectivity index (χ1n) is 7.97. The molecule has 1 fully saturated rings. The van der Waals surface area contributed by atoms with Crippen molar-refractivity contribution in [3.63, 3.8) is 0 Å². The molecule has 0 aromatic carbocycles. The van der Waals surface area contributed by atoms with Gasteiger partial charge in [0.25, 0.3) is 5.91 Å². The maximum absolute atomic E-state index is 12.3. The summed E-state index contributed by atoms with van der Waals surface area (Å²) in [5.41, 5.74) is 1.41. The molecular formula is C16H20N4O2S2. The van der Waals surface area contributed by atoms with Gasteiger partial charge in [-0.15, -0.1) is 11.3 Å². The van der Waals surface area contributed by atoms with Gasteiger partial charge in [-0.05, 0) is 45.6 Å². The number of nitrogens with zero attached hydrogens (tertiary/aromatic N) is 2. The van der Waals surface area contributed by atoms with Gasteiger partial charge in [-0.1, -0.05) is 11.8 Å². The Morgan fingerprint density at radius 1 is 1.29 bits per heavy atom. The highest BCUT2D eigenvalue weighted by atomic mass is 32.2. The van der Waals surface area contributed by atoms with Crippen molar-refractivity contribution in [1.82, 2.24) is 20.3 Å². The van der Waals surface area contributed by atoms with Crippen molar-refractivity contribution in [2.45, 2.75) is 55.2 Å². The lowest BCUT2D eigenvalue weighted by molar-refractivity contribution is 0.0922. The van der Waals surface area contributed by atoms with Crippen LogP contribution in [0, 0.1) is 13.8 Å². The van der Waals surface area contributed by atoms with Crippen LogP contribution in [0.4, 0.5) is 0 Å². The fourth-order valence-electron chi connectivity index (χ4n) is 2.81. The van der Waals surface area contributed by atoms with Crippen molar-refractivity contribution in [2.24, 2.45) is 0 Å². The fourth-order valence-corrected chi connectivity index (χ4v) is 5.09. The average molecular weight is 364 g/mol. The average Bonchev–Trinajstić information content (AvgIpc) is 2.93. The van der Waals surface area contributed by atoms with Gasteiger partial charge in [-0.3, -0.25) is 4.79 Å². The number of aryl methyl sites for hydroxylation is 2. The second-order valence-electron chi connectivity index (χ2n) is 6.07. The Kier molecular flexibility index (Phi) is 5.35. The molecule has 0 radical (unpaired) electrons. The van der Waals surface area contributed by atoms with E-state index in [0.29, 0.717) is 10.9 Å². The molecule has 0 saturated heterocycles. The van der Waals surface area contributed by atoms with Gasteiger partial charge in [0.2, 0.25) is 0 Å². The van der Waals surface area contributed by atoms with Crippen LogP contribution in [0.15, 0.2) is 20.6 Å². The van der Waals surface area contributed by atoms with Gasteiger partial charge in [-0.2, -0.15) is 4.98 Å². The third-order valence-electron chi connectivity index (χ3n) is 3.99. The number of H-pyrrole nitrogens is 1. The summed E-state index contributed by atoms with van der Waals surface area (Å²) in [6.07, 6.45) is 3.98. The Labute approximate surface area is 148 Å². The molecule has 1 aliphatic carbocycles. The Bertz CT molecular complexity index is 778. The van der Waals surface area contributed by atoms with Crippen molar-refractivity contribution in [3.05, 3.63) is 39.0 Å². The number of carbonyl (C=O) groups excluding carboxylic acids is 1. The SMILES string of the molecule is Cc1csc(SC2CCC(NC(=O)c3cc(C)[nH]c(=O)n3)CC2)n1. The molecule has 3 rings (SSSR count). The molecule has 2 heterocycles. The van der Waals surface area contributed by atoms with Gasteiger partial charge < -0.3 is 10.3 Å². The van der Waals surface area contributed by atoms with Crippen molar-refractivity contribution >= 4 is 29.0 Å². The van der Waals surface area contributed by atoms with E-state index in [-0.39, 0.29) is 17.6 Å². The highest BCUT2D eigenvalue weighted by Crippen LogP contribution is 2.35. The molecule has 128 valence electrons. The van der Waals surface area contributed by atoms with Gasteiger partial charge >= 0.3 is 5.69 Å². The van der Waals surface area contributed by atoms with Crippen LogP contribution in [0.25, 0.3) is 0 Å². The normalized spacial score (nSPS) is 20.8. The molecule has 2 aromatic heterocycles. The number of rotatable bonds is 4. The zero-order valence-corrected chi connectivity index (χ0v) is 15.3. The Morgan fingerprint density at radius 2 is 2.04 bits per heavy atom. The third kappa shape index (κ3) is 4.45. The topological polar surface area (TPSA) is 87.7 Å². The first-order chi connectivity index (χ1) is 11.5. The molecule has 1 saturated carbocycles. The van der Waals surface area contributed by atoms with Gasteiger partial charge in [0, 0.05) is 28.1 Å². The van der Waals surface area contributed by atoms with Crippen LogP contribution in [0.3, 0.4) is 0 Å². The summed E-state index contributed by atoms with van der Waals surface area (Å²) < 4.78 is 1.13. The molecule has 1 amide bonds. The Morgan fingerprint density at radius 3 is 2.67 bits per heavy atom. The van der Waals surface area contributed by atoms with Gasteiger partial charge in [0.05, 0.1) is 0 Å². The summed E-state index contributed by atoms with van der Waals surface area (Å²) in [5.74, 6) is -0.268. The van der Waals surface area contributed by atoms with Crippen LogP contribution in [0.1, 0.15) is 47.6 Å². The van der Waals surface area contributed by atoms with Crippen molar-refractivity contribution in [3.8, 4) is 0 Å². The zero-order chi connectivity index (χ0) is 17.1. The first-order valence-corrected chi connectivity index (χ1v) is 9.73. The largest absolute Gasteiger partial charge is 0.348 e. The van der Waals surface area contributed by atoms with Crippen molar-refractivity contribution in [1.29, 1.82) is 0 Å². The van der Waals surface area contributed by atoms with Crippen LogP contribution >= 0.6 is 23.1 Å². The molecule has 24 heavy (non-hydrogen) atoms. The minimum atomic E-state index is -0.487. The van der Waals surface area contributed by atoms with Crippen LogP contribution in [-0.4, -0.2) is 32.2 Å². The van der Waals surface area contributed by atoms with E-state index in [1.165, 1.54) is 0 Å². The predicted molar refractivity (Wildman–Crippen MR) is 95.8 cm³/mol. The lowest BCUT2D eigenvalue weighted by Crippen LogP contribution is -2.39. The number of carbonyl (C=O) groups is 1. The van der Waals surface area contributed by atoms with E-state index in [4.69, 9.17) is 0 Å². The molecule has 0 bridgehead atoms. The second kappa shape index (κ2) is 7.48. The highest BCUT2D eigenvalue weighted by molar-refractivity contribution is 8.01.